The predicted molar refractivity (Wildman–Crippen MR) is 126 cm³/mol. The molecular weight excluding hydrogens is 418 g/mol. The first-order valence-electron chi connectivity index (χ1n) is 10.9. The smallest absolute Gasteiger partial charge is 0.261 e. The highest BCUT2D eigenvalue weighted by Crippen LogP contribution is 2.47. The number of carbonyl (C=O) groups is 1. The molecule has 1 N–H and O–H groups in total. The molecule has 4 rings (SSSR count). The second-order valence-corrected chi connectivity index (χ2v) is 8.02. The summed E-state index contributed by atoms with van der Waals surface area (Å²) in [7, 11) is 4.70. The number of allylic oxidation sites excluding steroid dienone is 11. The van der Waals surface area contributed by atoms with Gasteiger partial charge in [-0.25, -0.2) is 0 Å². The number of Topliss-reactive ketones (excluding diaryl/α,β-unsaturated/α-hetero) is 1. The lowest BCUT2D eigenvalue weighted by molar-refractivity contribution is -0.117. The van der Waals surface area contributed by atoms with Crippen molar-refractivity contribution in [1.82, 2.24) is 5.32 Å². The Bertz CT molecular complexity index is 1110. The summed E-state index contributed by atoms with van der Waals surface area (Å²) in [5, 5.41) is 3.42. The Kier molecular flexibility index (Phi) is 6.84. The number of nitrogens with one attached hydrogen (secondary N) is 1. The number of methoxy groups -OCH3 is 3. The van der Waals surface area contributed by atoms with E-state index in [0.29, 0.717) is 6.54 Å². The van der Waals surface area contributed by atoms with Crippen LogP contribution in [0, 0.1) is 5.92 Å². The zero-order chi connectivity index (χ0) is 23.4. The molecule has 3 aliphatic rings. The normalized spacial score (nSPS) is 21.3. The lowest BCUT2D eigenvalue weighted by atomic mass is 9.86. The van der Waals surface area contributed by atoms with Gasteiger partial charge in [-0.1, -0.05) is 12.2 Å². The van der Waals surface area contributed by atoms with E-state index in [1.807, 2.05) is 18.2 Å². The monoisotopic (exact) mass is 447 g/mol. The number of ketones is 1. The number of ether oxygens (including phenoxy) is 3. The summed E-state index contributed by atoms with van der Waals surface area (Å²) < 4.78 is 21.5. The summed E-state index contributed by atoms with van der Waals surface area (Å²) in [6, 6.07) is 3.85. The van der Waals surface area contributed by atoms with Gasteiger partial charge in [0, 0.05) is 18.9 Å². The Morgan fingerprint density at radius 2 is 1.88 bits per heavy atom. The molecule has 1 unspecified atom stereocenters. The maximum Gasteiger partial charge on any atom is 0.261 e. The van der Waals surface area contributed by atoms with Crippen molar-refractivity contribution in [3.63, 3.8) is 0 Å². The first-order chi connectivity index (χ1) is 16.0. The third-order valence-electron chi connectivity index (χ3n) is 6.15. The van der Waals surface area contributed by atoms with Crippen LogP contribution in [0.3, 0.4) is 0 Å². The van der Waals surface area contributed by atoms with Crippen molar-refractivity contribution in [2.45, 2.75) is 19.9 Å². The van der Waals surface area contributed by atoms with Gasteiger partial charge in [0.15, 0.2) is 11.5 Å². The van der Waals surface area contributed by atoms with Crippen LogP contribution in [-0.4, -0.2) is 33.7 Å². The Morgan fingerprint density at radius 3 is 2.52 bits per heavy atom. The zero-order valence-electron chi connectivity index (χ0n) is 19.4. The summed E-state index contributed by atoms with van der Waals surface area (Å²) >= 11 is 0. The van der Waals surface area contributed by atoms with Crippen LogP contribution in [-0.2, 0) is 25.5 Å². The fourth-order valence-corrected chi connectivity index (χ4v) is 4.45. The molecule has 0 saturated heterocycles. The summed E-state index contributed by atoms with van der Waals surface area (Å²) in [5.74, 6) is 2.39. The van der Waals surface area contributed by atoms with Gasteiger partial charge in [-0.05, 0) is 71.2 Å². The third-order valence-corrected chi connectivity index (χ3v) is 6.15. The standard InChI is InChI=1S/C27H29NO5/c1-17-21(9-10-28-16-20-6-5-11-33-20)24-15-19(30-2)7-8-22(24)23(17)12-18-13-25(31-3)27(29)26(14-18)32-4/h5-9,11-14,24,28H,10,15-16H2,1-4H3/b21-9+. The van der Waals surface area contributed by atoms with Gasteiger partial charge in [0.05, 0.1) is 39.9 Å². The van der Waals surface area contributed by atoms with Crippen LogP contribution in [0.2, 0.25) is 0 Å². The predicted octanol–water partition coefficient (Wildman–Crippen LogP) is 4.67. The van der Waals surface area contributed by atoms with Gasteiger partial charge in [0.1, 0.15) is 5.76 Å². The molecule has 1 aromatic heterocycles. The minimum Gasteiger partial charge on any atom is -0.501 e. The Morgan fingerprint density at radius 1 is 1.12 bits per heavy atom. The topological polar surface area (TPSA) is 69.9 Å². The average Bonchev–Trinajstić information content (AvgIpc) is 3.44. The molecule has 0 bridgehead atoms. The molecule has 33 heavy (non-hydrogen) atoms. The van der Waals surface area contributed by atoms with E-state index in [1.54, 1.807) is 25.5 Å². The van der Waals surface area contributed by atoms with Crippen molar-refractivity contribution >= 4 is 5.78 Å². The van der Waals surface area contributed by atoms with Crippen LogP contribution >= 0.6 is 0 Å². The second-order valence-electron chi connectivity index (χ2n) is 8.02. The molecule has 0 saturated carbocycles. The van der Waals surface area contributed by atoms with E-state index in [2.05, 4.69) is 30.5 Å². The summed E-state index contributed by atoms with van der Waals surface area (Å²) in [6.07, 6.45) is 14.5. The zero-order valence-corrected chi connectivity index (χ0v) is 19.4. The van der Waals surface area contributed by atoms with Gasteiger partial charge in [-0.15, -0.1) is 0 Å². The van der Waals surface area contributed by atoms with Gasteiger partial charge in [0.2, 0.25) is 0 Å². The van der Waals surface area contributed by atoms with E-state index in [0.717, 1.165) is 35.6 Å². The highest BCUT2D eigenvalue weighted by Gasteiger charge is 2.33. The Labute approximate surface area is 194 Å². The summed E-state index contributed by atoms with van der Waals surface area (Å²) in [5.41, 5.74) is 5.74. The Balaban J connectivity index is 1.66. The quantitative estimate of drug-likeness (QED) is 0.584. The number of rotatable bonds is 8. The minimum absolute atomic E-state index is 0.226. The van der Waals surface area contributed by atoms with Crippen molar-refractivity contribution in [2.75, 3.05) is 27.9 Å². The molecule has 0 radical (unpaired) electrons. The Hall–Kier alpha value is -3.51. The molecule has 6 heteroatoms. The van der Waals surface area contributed by atoms with Crippen molar-refractivity contribution in [3.8, 4) is 0 Å². The van der Waals surface area contributed by atoms with E-state index in [9.17, 15) is 4.79 Å². The molecule has 1 atom stereocenters. The molecule has 0 fully saturated rings. The lowest BCUT2D eigenvalue weighted by Crippen LogP contribution is -2.15. The van der Waals surface area contributed by atoms with Crippen LogP contribution in [0.1, 0.15) is 19.1 Å². The largest absolute Gasteiger partial charge is 0.501 e. The van der Waals surface area contributed by atoms with Crippen molar-refractivity contribution in [3.05, 3.63) is 106 Å². The fourth-order valence-electron chi connectivity index (χ4n) is 4.45. The molecule has 1 aromatic rings. The summed E-state index contributed by atoms with van der Waals surface area (Å²) in [4.78, 5) is 12.3. The SMILES string of the molecule is COC1=CC=C2C(C=C3C=C(OC)C(=O)C(OC)=C3)=C(C)/C(=C\CNCc3ccco3)C2C1. The van der Waals surface area contributed by atoms with Gasteiger partial charge in [-0.2, -0.15) is 0 Å². The highest BCUT2D eigenvalue weighted by atomic mass is 16.5. The first-order valence-corrected chi connectivity index (χ1v) is 10.9. The molecule has 172 valence electrons. The first kappa shape index (κ1) is 22.7. The molecule has 1 heterocycles. The minimum atomic E-state index is -0.250. The molecule has 3 aliphatic carbocycles. The maximum atomic E-state index is 12.3. The lowest BCUT2D eigenvalue weighted by Gasteiger charge is -2.21. The number of fused-ring (bicyclic) bond motifs is 1. The van der Waals surface area contributed by atoms with Crippen LogP contribution in [0.4, 0.5) is 0 Å². The summed E-state index contributed by atoms with van der Waals surface area (Å²) in [6.45, 7) is 3.55. The van der Waals surface area contributed by atoms with Crippen LogP contribution in [0.5, 0.6) is 0 Å². The van der Waals surface area contributed by atoms with Crippen LogP contribution < -0.4 is 5.32 Å². The van der Waals surface area contributed by atoms with Crippen molar-refractivity contribution in [2.24, 2.45) is 5.92 Å². The average molecular weight is 448 g/mol. The van der Waals surface area contributed by atoms with E-state index in [4.69, 9.17) is 18.6 Å². The van der Waals surface area contributed by atoms with Crippen molar-refractivity contribution in [1.29, 1.82) is 0 Å². The number of carbonyl (C=O) groups excluding carboxylic acids is 1. The van der Waals surface area contributed by atoms with Crippen LogP contribution in [0.25, 0.3) is 0 Å². The van der Waals surface area contributed by atoms with Gasteiger partial charge < -0.3 is 23.9 Å². The maximum absolute atomic E-state index is 12.3. The molecule has 0 aromatic carbocycles. The van der Waals surface area contributed by atoms with Gasteiger partial charge >= 0.3 is 0 Å². The number of furan rings is 1. The van der Waals surface area contributed by atoms with E-state index in [-0.39, 0.29) is 23.2 Å². The number of hydrogen-bond acceptors (Lipinski definition) is 6. The molecule has 0 spiro atoms. The fraction of sp³-hybridized carbons (Fsp3) is 0.296. The highest BCUT2D eigenvalue weighted by molar-refractivity contribution is 6.07. The van der Waals surface area contributed by atoms with Gasteiger partial charge in [-0.3, -0.25) is 4.79 Å². The van der Waals surface area contributed by atoms with E-state index >= 15 is 0 Å². The van der Waals surface area contributed by atoms with Gasteiger partial charge in [0.25, 0.3) is 5.78 Å². The third kappa shape index (κ3) is 4.66. The van der Waals surface area contributed by atoms with E-state index in [1.165, 1.54) is 30.9 Å². The molecular formula is C27H29NO5. The second kappa shape index (κ2) is 9.96. The molecule has 0 aliphatic heterocycles. The van der Waals surface area contributed by atoms with Crippen LogP contribution in [0.15, 0.2) is 104 Å². The molecule has 0 amide bonds. The van der Waals surface area contributed by atoms with Crippen molar-refractivity contribution < 1.29 is 23.4 Å². The number of hydrogen-bond donors (Lipinski definition) is 1. The molecule has 6 nitrogen and oxygen atoms in total. The van der Waals surface area contributed by atoms with E-state index < -0.39 is 0 Å².